The molecule has 82 valence electrons. The molecule has 0 bridgehead atoms. The average Bonchev–Trinajstić information content (AvgIpc) is 2.18. The Bertz CT molecular complexity index is 165. The van der Waals surface area contributed by atoms with Gasteiger partial charge in [0, 0.05) is 12.1 Å². The highest BCUT2D eigenvalue weighted by Gasteiger charge is 2.29. The van der Waals surface area contributed by atoms with Crippen molar-refractivity contribution in [2.24, 2.45) is 11.8 Å². The molecule has 2 saturated heterocycles. The van der Waals surface area contributed by atoms with Crippen LogP contribution in [0.2, 0.25) is 0 Å². The fourth-order valence-electron chi connectivity index (χ4n) is 3.21. The van der Waals surface area contributed by atoms with E-state index in [1.807, 2.05) is 0 Å². The Labute approximate surface area is 87.8 Å². The highest BCUT2D eigenvalue weighted by Crippen LogP contribution is 2.27. The molecular formula is C12H24N2. The van der Waals surface area contributed by atoms with Crippen LogP contribution in [0.25, 0.3) is 0 Å². The first-order valence-electron chi connectivity index (χ1n) is 6.22. The van der Waals surface area contributed by atoms with Gasteiger partial charge in [0.05, 0.1) is 0 Å². The second-order valence-corrected chi connectivity index (χ2v) is 5.34. The van der Waals surface area contributed by atoms with Gasteiger partial charge in [-0.3, -0.25) is 0 Å². The van der Waals surface area contributed by atoms with Crippen molar-refractivity contribution >= 4 is 0 Å². The van der Waals surface area contributed by atoms with Crippen molar-refractivity contribution in [3.05, 3.63) is 0 Å². The maximum atomic E-state index is 3.79. The normalized spacial score (nSPS) is 41.1. The van der Waals surface area contributed by atoms with Gasteiger partial charge in [-0.2, -0.15) is 0 Å². The molecule has 2 nitrogen and oxygen atoms in total. The van der Waals surface area contributed by atoms with Crippen LogP contribution in [0, 0.1) is 11.8 Å². The summed E-state index contributed by atoms with van der Waals surface area (Å²) in [6, 6.07) is 1.54. The van der Waals surface area contributed by atoms with E-state index in [4.69, 9.17) is 0 Å². The molecule has 0 aromatic heterocycles. The van der Waals surface area contributed by atoms with Gasteiger partial charge in [-0.25, -0.2) is 0 Å². The predicted molar refractivity (Wildman–Crippen MR) is 60.4 cm³/mol. The molecule has 14 heavy (non-hydrogen) atoms. The summed E-state index contributed by atoms with van der Waals surface area (Å²) in [6.45, 7) is 7.20. The van der Waals surface area contributed by atoms with Gasteiger partial charge in [0.25, 0.3) is 0 Å². The Morgan fingerprint density at radius 1 is 1.00 bits per heavy atom. The quantitative estimate of drug-likeness (QED) is 0.668. The van der Waals surface area contributed by atoms with Crippen molar-refractivity contribution in [1.82, 2.24) is 10.6 Å². The molecule has 2 fully saturated rings. The second-order valence-electron chi connectivity index (χ2n) is 5.34. The lowest BCUT2D eigenvalue weighted by molar-refractivity contribution is 0.182. The molecule has 0 radical (unpaired) electrons. The number of rotatable bonds is 1. The maximum Gasteiger partial charge on any atom is 0.0101 e. The smallest absolute Gasteiger partial charge is 0.0101 e. The minimum Gasteiger partial charge on any atom is -0.317 e. The van der Waals surface area contributed by atoms with Gasteiger partial charge in [0.2, 0.25) is 0 Å². The third-order valence-corrected chi connectivity index (χ3v) is 3.86. The van der Waals surface area contributed by atoms with E-state index in [9.17, 15) is 0 Å². The van der Waals surface area contributed by atoms with Crippen LogP contribution >= 0.6 is 0 Å². The third-order valence-electron chi connectivity index (χ3n) is 3.86. The third kappa shape index (κ3) is 2.48. The first-order chi connectivity index (χ1) is 6.75. The van der Waals surface area contributed by atoms with Crippen LogP contribution in [0.5, 0.6) is 0 Å². The Morgan fingerprint density at radius 2 is 1.71 bits per heavy atom. The highest BCUT2D eigenvalue weighted by atomic mass is 15.0. The fraction of sp³-hybridized carbons (Fsp3) is 1.00. The Hall–Kier alpha value is -0.0800. The molecule has 0 amide bonds. The standard InChI is InChI=1S/C12H24N2/c1-9-7-10(2)14-12(8-9)11-3-5-13-6-4-11/h9-14H,3-8H2,1-2H3. The molecule has 0 spiro atoms. The second kappa shape index (κ2) is 4.63. The molecule has 0 aromatic rings. The van der Waals surface area contributed by atoms with Gasteiger partial charge in [0.1, 0.15) is 0 Å². The Kier molecular flexibility index (Phi) is 3.45. The van der Waals surface area contributed by atoms with Crippen LogP contribution in [-0.2, 0) is 0 Å². The molecule has 0 aromatic carbocycles. The van der Waals surface area contributed by atoms with Crippen molar-refractivity contribution in [2.45, 2.75) is 51.6 Å². The lowest BCUT2D eigenvalue weighted by Crippen LogP contribution is -2.49. The highest BCUT2D eigenvalue weighted by molar-refractivity contribution is 4.88. The zero-order valence-electron chi connectivity index (χ0n) is 9.55. The van der Waals surface area contributed by atoms with Crippen LogP contribution in [0.3, 0.4) is 0 Å². The van der Waals surface area contributed by atoms with E-state index in [-0.39, 0.29) is 0 Å². The lowest BCUT2D eigenvalue weighted by Gasteiger charge is -2.39. The minimum atomic E-state index is 0.735. The number of nitrogens with one attached hydrogen (secondary N) is 2. The molecule has 3 atom stereocenters. The molecule has 0 aliphatic carbocycles. The van der Waals surface area contributed by atoms with Gasteiger partial charge < -0.3 is 10.6 Å². The van der Waals surface area contributed by atoms with Gasteiger partial charge in [-0.05, 0) is 57.5 Å². The summed E-state index contributed by atoms with van der Waals surface area (Å²) in [7, 11) is 0. The average molecular weight is 196 g/mol. The minimum absolute atomic E-state index is 0.735. The Morgan fingerprint density at radius 3 is 2.36 bits per heavy atom. The fourth-order valence-corrected chi connectivity index (χ4v) is 3.21. The monoisotopic (exact) mass is 196 g/mol. The van der Waals surface area contributed by atoms with Crippen LogP contribution < -0.4 is 10.6 Å². The molecule has 2 heteroatoms. The van der Waals surface area contributed by atoms with Gasteiger partial charge in [-0.1, -0.05) is 6.92 Å². The zero-order valence-corrected chi connectivity index (χ0v) is 9.55. The molecule has 2 rings (SSSR count). The van der Waals surface area contributed by atoms with Crippen molar-refractivity contribution in [1.29, 1.82) is 0 Å². The van der Waals surface area contributed by atoms with Crippen LogP contribution in [0.1, 0.15) is 39.5 Å². The molecule has 2 aliphatic rings. The summed E-state index contributed by atoms with van der Waals surface area (Å²) in [5, 5.41) is 7.24. The summed E-state index contributed by atoms with van der Waals surface area (Å²) in [5.41, 5.74) is 0. The Balaban J connectivity index is 1.88. The number of hydrogen-bond acceptors (Lipinski definition) is 2. The van der Waals surface area contributed by atoms with E-state index < -0.39 is 0 Å². The van der Waals surface area contributed by atoms with Crippen molar-refractivity contribution in [3.8, 4) is 0 Å². The van der Waals surface area contributed by atoms with E-state index in [0.717, 1.165) is 23.9 Å². The topological polar surface area (TPSA) is 24.1 Å². The van der Waals surface area contributed by atoms with E-state index in [1.54, 1.807) is 0 Å². The number of hydrogen-bond donors (Lipinski definition) is 2. The first-order valence-corrected chi connectivity index (χ1v) is 6.22. The van der Waals surface area contributed by atoms with E-state index in [2.05, 4.69) is 24.5 Å². The van der Waals surface area contributed by atoms with Crippen molar-refractivity contribution < 1.29 is 0 Å². The summed E-state index contributed by atoms with van der Waals surface area (Å²) < 4.78 is 0. The number of piperidine rings is 2. The predicted octanol–water partition coefficient (Wildman–Crippen LogP) is 1.76. The largest absolute Gasteiger partial charge is 0.317 e. The van der Waals surface area contributed by atoms with E-state index in [0.29, 0.717) is 0 Å². The molecular weight excluding hydrogens is 172 g/mol. The van der Waals surface area contributed by atoms with E-state index in [1.165, 1.54) is 38.8 Å². The molecule has 2 heterocycles. The summed E-state index contributed by atoms with van der Waals surface area (Å²) >= 11 is 0. The van der Waals surface area contributed by atoms with Crippen LogP contribution in [-0.4, -0.2) is 25.2 Å². The first kappa shape index (κ1) is 10.4. The summed E-state index contributed by atoms with van der Waals surface area (Å²) in [6.07, 6.45) is 5.50. The van der Waals surface area contributed by atoms with E-state index >= 15 is 0 Å². The molecule has 2 N–H and O–H groups in total. The summed E-state index contributed by atoms with van der Waals surface area (Å²) in [4.78, 5) is 0. The van der Waals surface area contributed by atoms with Gasteiger partial charge >= 0.3 is 0 Å². The van der Waals surface area contributed by atoms with Crippen molar-refractivity contribution in [2.75, 3.05) is 13.1 Å². The summed E-state index contributed by atoms with van der Waals surface area (Å²) in [5.74, 6) is 1.85. The maximum absolute atomic E-state index is 3.79. The lowest BCUT2D eigenvalue weighted by atomic mass is 9.80. The van der Waals surface area contributed by atoms with Crippen LogP contribution in [0.4, 0.5) is 0 Å². The molecule has 3 unspecified atom stereocenters. The molecule has 0 saturated carbocycles. The van der Waals surface area contributed by atoms with Gasteiger partial charge in [-0.15, -0.1) is 0 Å². The SMILES string of the molecule is CC1CC(C)NC(C2CCNCC2)C1. The molecule has 2 aliphatic heterocycles. The van der Waals surface area contributed by atoms with Gasteiger partial charge in [0.15, 0.2) is 0 Å². The van der Waals surface area contributed by atoms with Crippen LogP contribution in [0.15, 0.2) is 0 Å². The van der Waals surface area contributed by atoms with Crippen molar-refractivity contribution in [3.63, 3.8) is 0 Å². The zero-order chi connectivity index (χ0) is 9.97.